The highest BCUT2D eigenvalue weighted by Crippen LogP contribution is 2.12. The molecule has 4 atom stereocenters. The summed E-state index contributed by atoms with van der Waals surface area (Å²) in [5.74, 6) is -6.67. The van der Waals surface area contributed by atoms with Gasteiger partial charge in [-0.25, -0.2) is 4.79 Å². The van der Waals surface area contributed by atoms with Crippen molar-refractivity contribution in [3.05, 3.63) is 29.8 Å². The van der Waals surface area contributed by atoms with E-state index >= 15 is 0 Å². The molecule has 4 unspecified atom stereocenters. The van der Waals surface area contributed by atoms with Crippen molar-refractivity contribution in [3.63, 3.8) is 0 Å². The van der Waals surface area contributed by atoms with Gasteiger partial charge >= 0.3 is 11.9 Å². The molecule has 4 amide bonds. The van der Waals surface area contributed by atoms with Gasteiger partial charge in [0.2, 0.25) is 23.6 Å². The quantitative estimate of drug-likeness (QED) is 0.0918. The van der Waals surface area contributed by atoms with Crippen molar-refractivity contribution in [2.24, 2.45) is 17.2 Å². The van der Waals surface area contributed by atoms with Gasteiger partial charge in [0.15, 0.2) is 0 Å². The van der Waals surface area contributed by atoms with Crippen LogP contribution in [0.2, 0.25) is 0 Å². The van der Waals surface area contributed by atoms with Crippen molar-refractivity contribution in [2.75, 3.05) is 6.54 Å². The third-order valence-electron chi connectivity index (χ3n) is 5.34. The van der Waals surface area contributed by atoms with Crippen molar-refractivity contribution in [1.29, 1.82) is 0 Å². The van der Waals surface area contributed by atoms with E-state index in [0.717, 1.165) is 0 Å². The summed E-state index contributed by atoms with van der Waals surface area (Å²) in [6, 6.07) is -0.190. The maximum Gasteiger partial charge on any atom is 0.326 e. The second-order valence-electron chi connectivity index (χ2n) is 8.55. The van der Waals surface area contributed by atoms with E-state index in [9.17, 15) is 44.1 Å². The first-order chi connectivity index (χ1) is 17.8. The molecular weight excluding hydrogens is 504 g/mol. The number of rotatable bonds is 17. The van der Waals surface area contributed by atoms with Crippen LogP contribution in [-0.2, 0) is 35.2 Å². The topological polar surface area (TPSA) is 277 Å². The minimum absolute atomic E-state index is 0.0545. The van der Waals surface area contributed by atoms with Gasteiger partial charge in [0, 0.05) is 6.42 Å². The van der Waals surface area contributed by atoms with Crippen LogP contribution in [0.1, 0.15) is 37.7 Å². The fraction of sp³-hybridized carbons (Fsp3) is 0.478. The predicted molar refractivity (Wildman–Crippen MR) is 132 cm³/mol. The number of hydrogen-bond acceptors (Lipinski definition) is 9. The first-order valence-corrected chi connectivity index (χ1v) is 11.7. The van der Waals surface area contributed by atoms with Crippen molar-refractivity contribution < 1.29 is 44.1 Å². The summed E-state index contributed by atoms with van der Waals surface area (Å²) < 4.78 is 0. The van der Waals surface area contributed by atoms with E-state index in [1.54, 1.807) is 0 Å². The fourth-order valence-electron chi connectivity index (χ4n) is 3.34. The molecular formula is C23H34N6O9. The van der Waals surface area contributed by atoms with Crippen molar-refractivity contribution in [2.45, 2.75) is 62.7 Å². The number of hydrogen-bond donors (Lipinski definition) is 9. The summed E-state index contributed by atoms with van der Waals surface area (Å²) in [5.41, 5.74) is 16.5. The number of carboxylic acid groups (broad SMARTS) is 2. The Morgan fingerprint density at radius 2 is 1.34 bits per heavy atom. The number of primary amides is 1. The molecule has 0 aliphatic heterocycles. The number of benzene rings is 1. The Kier molecular flexibility index (Phi) is 13.2. The van der Waals surface area contributed by atoms with E-state index in [0.29, 0.717) is 24.9 Å². The van der Waals surface area contributed by atoms with Crippen molar-refractivity contribution >= 4 is 35.6 Å². The summed E-state index contributed by atoms with van der Waals surface area (Å²) in [6.45, 7) is 0.333. The summed E-state index contributed by atoms with van der Waals surface area (Å²) in [6.07, 6.45) is -0.580. The summed E-state index contributed by atoms with van der Waals surface area (Å²) in [4.78, 5) is 72.3. The lowest BCUT2D eigenvalue weighted by molar-refractivity contribution is -0.143. The van der Waals surface area contributed by atoms with E-state index in [4.69, 9.17) is 17.2 Å². The molecule has 0 aromatic heterocycles. The molecule has 0 saturated heterocycles. The summed E-state index contributed by atoms with van der Waals surface area (Å²) in [7, 11) is 0. The Morgan fingerprint density at radius 3 is 1.87 bits per heavy atom. The van der Waals surface area contributed by atoms with E-state index in [1.165, 1.54) is 24.3 Å². The predicted octanol–water partition coefficient (Wildman–Crippen LogP) is -2.72. The highest BCUT2D eigenvalue weighted by Gasteiger charge is 2.31. The molecule has 0 spiro atoms. The fourth-order valence-corrected chi connectivity index (χ4v) is 3.34. The SMILES string of the molecule is NCCCCC(NC(=O)C(Cc1ccc(O)cc1)NC(=O)C(CC(=O)O)NC(=O)C(N)CC(N)=O)C(=O)O. The van der Waals surface area contributed by atoms with Crippen LogP contribution in [-0.4, -0.2) is 81.6 Å². The Hall–Kier alpha value is -4.24. The monoisotopic (exact) mass is 538 g/mol. The van der Waals surface area contributed by atoms with Crippen LogP contribution < -0.4 is 33.2 Å². The van der Waals surface area contributed by atoms with E-state index in [1.807, 2.05) is 0 Å². The highest BCUT2D eigenvalue weighted by atomic mass is 16.4. The Labute approximate surface area is 218 Å². The Morgan fingerprint density at radius 1 is 0.789 bits per heavy atom. The van der Waals surface area contributed by atoms with Crippen LogP contribution in [0.5, 0.6) is 5.75 Å². The van der Waals surface area contributed by atoms with E-state index < -0.39 is 72.6 Å². The van der Waals surface area contributed by atoms with Gasteiger partial charge < -0.3 is 48.5 Å². The maximum atomic E-state index is 13.1. The van der Waals surface area contributed by atoms with Crippen LogP contribution in [0.25, 0.3) is 0 Å². The lowest BCUT2D eigenvalue weighted by Crippen LogP contribution is -2.58. The lowest BCUT2D eigenvalue weighted by Gasteiger charge is -2.25. The van der Waals surface area contributed by atoms with E-state index in [-0.39, 0.29) is 18.6 Å². The molecule has 0 aliphatic carbocycles. The molecule has 1 aromatic carbocycles. The van der Waals surface area contributed by atoms with Crippen molar-refractivity contribution in [3.8, 4) is 5.75 Å². The molecule has 0 heterocycles. The number of nitrogens with one attached hydrogen (secondary N) is 3. The molecule has 210 valence electrons. The van der Waals surface area contributed by atoms with Crippen LogP contribution >= 0.6 is 0 Å². The van der Waals surface area contributed by atoms with Gasteiger partial charge in [-0.3, -0.25) is 24.0 Å². The number of aromatic hydroxyl groups is 1. The Balaban J connectivity index is 3.15. The van der Waals surface area contributed by atoms with Gasteiger partial charge in [-0.1, -0.05) is 12.1 Å². The summed E-state index contributed by atoms with van der Waals surface area (Å²) >= 11 is 0. The average Bonchev–Trinajstić information content (AvgIpc) is 2.82. The number of unbranched alkanes of at least 4 members (excludes halogenated alkanes) is 1. The van der Waals surface area contributed by atoms with Gasteiger partial charge in [-0.05, 0) is 43.5 Å². The molecule has 12 N–H and O–H groups in total. The first-order valence-electron chi connectivity index (χ1n) is 11.7. The number of aliphatic carboxylic acids is 2. The van der Waals surface area contributed by atoms with Gasteiger partial charge in [0.05, 0.1) is 18.9 Å². The molecule has 1 aromatic rings. The van der Waals surface area contributed by atoms with Crippen LogP contribution in [0, 0.1) is 0 Å². The largest absolute Gasteiger partial charge is 0.508 e. The maximum absolute atomic E-state index is 13.1. The molecule has 0 bridgehead atoms. The number of phenols is 1. The molecule has 15 nitrogen and oxygen atoms in total. The minimum atomic E-state index is -1.69. The zero-order valence-corrected chi connectivity index (χ0v) is 20.6. The molecule has 1 rings (SSSR count). The first kappa shape index (κ1) is 31.8. The normalized spacial score (nSPS) is 13.8. The molecule has 0 fully saturated rings. The van der Waals surface area contributed by atoms with Crippen molar-refractivity contribution in [1.82, 2.24) is 16.0 Å². The molecule has 0 aliphatic rings. The van der Waals surface area contributed by atoms with Gasteiger partial charge in [0.25, 0.3) is 0 Å². The van der Waals surface area contributed by atoms with Crippen LogP contribution in [0.4, 0.5) is 0 Å². The van der Waals surface area contributed by atoms with Gasteiger partial charge in [-0.15, -0.1) is 0 Å². The highest BCUT2D eigenvalue weighted by molar-refractivity contribution is 5.96. The number of phenolic OH excluding ortho intramolecular Hbond substituents is 1. The zero-order chi connectivity index (χ0) is 28.8. The van der Waals surface area contributed by atoms with Crippen LogP contribution in [0.15, 0.2) is 24.3 Å². The second-order valence-corrected chi connectivity index (χ2v) is 8.55. The molecule has 0 radical (unpaired) electrons. The summed E-state index contributed by atoms with van der Waals surface area (Å²) in [5, 5.41) is 35.0. The smallest absolute Gasteiger partial charge is 0.326 e. The molecule has 0 saturated carbocycles. The van der Waals surface area contributed by atoms with Crippen LogP contribution in [0.3, 0.4) is 0 Å². The lowest BCUT2D eigenvalue weighted by atomic mass is 10.0. The minimum Gasteiger partial charge on any atom is -0.508 e. The zero-order valence-electron chi connectivity index (χ0n) is 20.6. The second kappa shape index (κ2) is 15.8. The number of carbonyl (C=O) groups excluding carboxylic acids is 4. The number of amides is 4. The standard InChI is InChI=1S/C23H34N6O9/c24-8-2-1-3-15(23(37)38)27-21(35)16(9-12-4-6-13(30)7-5-12)29-22(36)17(11-19(32)33)28-20(34)14(25)10-18(26)31/h4-7,14-17,30H,1-3,8-11,24-25H2,(H2,26,31)(H,27,35)(H,28,34)(H,29,36)(H,32,33)(H,37,38). The molecule has 15 heteroatoms. The van der Waals surface area contributed by atoms with Gasteiger partial charge in [-0.2, -0.15) is 0 Å². The Bertz CT molecular complexity index is 1000. The third-order valence-corrected chi connectivity index (χ3v) is 5.34. The molecule has 38 heavy (non-hydrogen) atoms. The average molecular weight is 539 g/mol. The van der Waals surface area contributed by atoms with E-state index in [2.05, 4.69) is 16.0 Å². The number of nitrogens with two attached hydrogens (primary N) is 3. The number of carboxylic acids is 2. The van der Waals surface area contributed by atoms with Gasteiger partial charge in [0.1, 0.15) is 23.9 Å². The third kappa shape index (κ3) is 11.7. The number of carbonyl (C=O) groups is 6.